The highest BCUT2D eigenvalue weighted by atomic mass is 16.5. The van der Waals surface area contributed by atoms with Crippen molar-refractivity contribution in [3.05, 3.63) is 47.5 Å². The van der Waals surface area contributed by atoms with Gasteiger partial charge in [0.2, 0.25) is 0 Å². The molecule has 98 valence electrons. The Labute approximate surface area is 116 Å². The highest BCUT2D eigenvalue weighted by molar-refractivity contribution is 5.79. The van der Waals surface area contributed by atoms with E-state index < -0.39 is 0 Å². The van der Waals surface area contributed by atoms with Crippen molar-refractivity contribution in [1.82, 2.24) is 0 Å². The molecule has 0 amide bonds. The maximum absolute atomic E-state index is 8.96. The van der Waals surface area contributed by atoms with Crippen molar-refractivity contribution < 1.29 is 4.74 Å². The van der Waals surface area contributed by atoms with Crippen LogP contribution in [0.15, 0.2) is 36.4 Å². The minimum absolute atomic E-state index is 0.376. The minimum atomic E-state index is 0.376. The van der Waals surface area contributed by atoms with E-state index in [0.29, 0.717) is 33.9 Å². The van der Waals surface area contributed by atoms with Crippen molar-refractivity contribution in [2.45, 2.75) is 0 Å². The second-order valence-electron chi connectivity index (χ2n) is 4.03. The minimum Gasteiger partial charge on any atom is -0.495 e. The van der Waals surface area contributed by atoms with Gasteiger partial charge in [-0.15, -0.1) is 0 Å². The molecule has 3 N–H and O–H groups in total. The third-order valence-corrected chi connectivity index (χ3v) is 2.83. The van der Waals surface area contributed by atoms with Crippen LogP contribution in [-0.4, -0.2) is 7.11 Å². The lowest BCUT2D eigenvalue weighted by Gasteiger charge is -2.13. The summed E-state index contributed by atoms with van der Waals surface area (Å²) in [5, 5.41) is 20.9. The molecular formula is C15H12N4O. The molecule has 0 aliphatic rings. The van der Waals surface area contributed by atoms with E-state index in [-0.39, 0.29) is 0 Å². The molecule has 0 aromatic heterocycles. The number of anilines is 3. The van der Waals surface area contributed by atoms with Crippen LogP contribution in [-0.2, 0) is 0 Å². The van der Waals surface area contributed by atoms with Crippen LogP contribution in [0.2, 0.25) is 0 Å². The van der Waals surface area contributed by atoms with Gasteiger partial charge in [0.15, 0.2) is 0 Å². The predicted octanol–water partition coefficient (Wildman–Crippen LogP) is 2.76. The first-order valence-electron chi connectivity index (χ1n) is 5.83. The number of ether oxygens (including phenoxy) is 1. The number of nitrogen functional groups attached to an aromatic ring is 1. The van der Waals surface area contributed by atoms with Gasteiger partial charge in [0, 0.05) is 6.07 Å². The fraction of sp³-hybridized carbons (Fsp3) is 0.0667. The van der Waals surface area contributed by atoms with Gasteiger partial charge in [-0.1, -0.05) is 6.07 Å². The van der Waals surface area contributed by atoms with Gasteiger partial charge in [0.1, 0.15) is 11.8 Å². The number of benzene rings is 2. The first-order chi connectivity index (χ1) is 9.69. The zero-order chi connectivity index (χ0) is 14.5. The summed E-state index contributed by atoms with van der Waals surface area (Å²) in [4.78, 5) is 0. The monoisotopic (exact) mass is 264 g/mol. The average Bonchev–Trinajstić information content (AvgIpc) is 2.49. The maximum atomic E-state index is 8.96. The number of nitriles is 2. The standard InChI is InChI=1S/C15H12N4O/c1-20-14-7-10(8-16)5-6-12(14)19-13-4-2-3-11(9-17)15(13)18/h2-7,19H,18H2,1H3. The molecule has 0 spiro atoms. The Morgan fingerprint density at radius 1 is 1.10 bits per heavy atom. The Hall–Kier alpha value is -3.18. The van der Waals surface area contributed by atoms with Crippen molar-refractivity contribution in [3.8, 4) is 17.9 Å². The SMILES string of the molecule is COc1cc(C#N)ccc1Nc1cccc(C#N)c1N. The lowest BCUT2D eigenvalue weighted by molar-refractivity contribution is 0.416. The van der Waals surface area contributed by atoms with Crippen molar-refractivity contribution in [1.29, 1.82) is 10.5 Å². The van der Waals surface area contributed by atoms with Crippen molar-refractivity contribution in [2.24, 2.45) is 0 Å². The van der Waals surface area contributed by atoms with Crippen LogP contribution in [0.5, 0.6) is 5.75 Å². The van der Waals surface area contributed by atoms with E-state index in [0.717, 1.165) is 0 Å². The molecule has 0 bridgehead atoms. The zero-order valence-corrected chi connectivity index (χ0v) is 10.8. The highest BCUT2D eigenvalue weighted by Gasteiger charge is 2.08. The smallest absolute Gasteiger partial charge is 0.143 e. The van der Waals surface area contributed by atoms with E-state index in [2.05, 4.69) is 5.32 Å². The molecule has 0 atom stereocenters. The average molecular weight is 264 g/mol. The van der Waals surface area contributed by atoms with Gasteiger partial charge in [0.25, 0.3) is 0 Å². The topological polar surface area (TPSA) is 94.9 Å². The Bertz CT molecular complexity index is 726. The number of hydrogen-bond acceptors (Lipinski definition) is 5. The maximum Gasteiger partial charge on any atom is 0.143 e. The van der Waals surface area contributed by atoms with Crippen molar-refractivity contribution >= 4 is 17.1 Å². The molecule has 0 saturated carbocycles. The molecular weight excluding hydrogens is 252 g/mol. The summed E-state index contributed by atoms with van der Waals surface area (Å²) in [5.74, 6) is 0.533. The molecule has 0 radical (unpaired) electrons. The molecule has 0 fully saturated rings. The van der Waals surface area contributed by atoms with Gasteiger partial charge in [0.05, 0.1) is 41.4 Å². The summed E-state index contributed by atoms with van der Waals surface area (Å²) in [6, 6.07) is 14.3. The van der Waals surface area contributed by atoms with Crippen molar-refractivity contribution in [2.75, 3.05) is 18.2 Å². The van der Waals surface area contributed by atoms with Gasteiger partial charge in [-0.25, -0.2) is 0 Å². The summed E-state index contributed by atoms with van der Waals surface area (Å²) >= 11 is 0. The van der Waals surface area contributed by atoms with Crippen LogP contribution in [0, 0.1) is 22.7 Å². The van der Waals surface area contributed by atoms with Gasteiger partial charge >= 0.3 is 0 Å². The lowest BCUT2D eigenvalue weighted by Crippen LogP contribution is -2.00. The number of nitrogens with zero attached hydrogens (tertiary/aromatic N) is 2. The van der Waals surface area contributed by atoms with Crippen LogP contribution >= 0.6 is 0 Å². The summed E-state index contributed by atoms with van der Waals surface area (Å²) in [6.07, 6.45) is 0. The molecule has 0 heterocycles. The second kappa shape index (κ2) is 5.64. The molecule has 2 rings (SSSR count). The normalized spacial score (nSPS) is 9.35. The molecule has 0 aliphatic heterocycles. The van der Waals surface area contributed by atoms with Crippen LogP contribution < -0.4 is 15.8 Å². The molecule has 2 aromatic rings. The fourth-order valence-electron chi connectivity index (χ4n) is 1.78. The van der Waals surface area contributed by atoms with E-state index in [1.807, 2.05) is 12.1 Å². The largest absolute Gasteiger partial charge is 0.495 e. The van der Waals surface area contributed by atoms with E-state index in [9.17, 15) is 0 Å². The highest BCUT2D eigenvalue weighted by Crippen LogP contribution is 2.31. The number of nitrogens with two attached hydrogens (primary N) is 1. The Balaban J connectivity index is 2.41. The van der Waals surface area contributed by atoms with E-state index in [1.165, 1.54) is 7.11 Å². The number of hydrogen-bond donors (Lipinski definition) is 2. The number of para-hydroxylation sites is 1. The molecule has 20 heavy (non-hydrogen) atoms. The van der Waals surface area contributed by atoms with Crippen LogP contribution in [0.3, 0.4) is 0 Å². The van der Waals surface area contributed by atoms with Crippen LogP contribution in [0.4, 0.5) is 17.1 Å². The number of rotatable bonds is 3. The van der Waals surface area contributed by atoms with Gasteiger partial charge in [-0.2, -0.15) is 10.5 Å². The Kier molecular flexibility index (Phi) is 3.74. The van der Waals surface area contributed by atoms with E-state index in [1.54, 1.807) is 36.4 Å². The van der Waals surface area contributed by atoms with Crippen LogP contribution in [0.25, 0.3) is 0 Å². The first-order valence-corrected chi connectivity index (χ1v) is 5.83. The number of nitrogens with one attached hydrogen (secondary N) is 1. The van der Waals surface area contributed by atoms with Gasteiger partial charge < -0.3 is 15.8 Å². The molecule has 5 nitrogen and oxygen atoms in total. The van der Waals surface area contributed by atoms with Gasteiger partial charge in [-0.05, 0) is 24.3 Å². The van der Waals surface area contributed by atoms with E-state index >= 15 is 0 Å². The molecule has 5 heteroatoms. The Morgan fingerprint density at radius 2 is 1.90 bits per heavy atom. The molecule has 2 aromatic carbocycles. The van der Waals surface area contributed by atoms with E-state index in [4.69, 9.17) is 21.0 Å². The van der Waals surface area contributed by atoms with Gasteiger partial charge in [-0.3, -0.25) is 0 Å². The summed E-state index contributed by atoms with van der Waals surface area (Å²) in [6.45, 7) is 0. The fourth-order valence-corrected chi connectivity index (χ4v) is 1.78. The summed E-state index contributed by atoms with van der Waals surface area (Å²) in [5.41, 5.74) is 8.49. The molecule has 0 aliphatic carbocycles. The first kappa shape index (κ1) is 13.3. The summed E-state index contributed by atoms with van der Waals surface area (Å²) in [7, 11) is 1.52. The lowest BCUT2D eigenvalue weighted by atomic mass is 10.1. The third kappa shape index (κ3) is 2.47. The zero-order valence-electron chi connectivity index (χ0n) is 10.8. The van der Waals surface area contributed by atoms with Crippen LogP contribution in [0.1, 0.15) is 11.1 Å². The second-order valence-corrected chi connectivity index (χ2v) is 4.03. The third-order valence-electron chi connectivity index (χ3n) is 2.83. The molecule has 0 unspecified atom stereocenters. The quantitative estimate of drug-likeness (QED) is 0.831. The number of methoxy groups -OCH3 is 1. The summed E-state index contributed by atoms with van der Waals surface area (Å²) < 4.78 is 5.24. The predicted molar refractivity (Wildman–Crippen MR) is 76.6 cm³/mol. The Morgan fingerprint density at radius 3 is 2.55 bits per heavy atom. The van der Waals surface area contributed by atoms with Crippen molar-refractivity contribution in [3.63, 3.8) is 0 Å². The molecule has 0 saturated heterocycles.